The second-order valence-corrected chi connectivity index (χ2v) is 4.41. The lowest BCUT2D eigenvalue weighted by Gasteiger charge is -2.04. The van der Waals surface area contributed by atoms with Gasteiger partial charge in [-0.15, -0.1) is 0 Å². The number of amides is 1. The lowest BCUT2D eigenvalue weighted by molar-refractivity contribution is -0.117. The van der Waals surface area contributed by atoms with Gasteiger partial charge in [0.25, 0.3) is 10.0 Å². The number of sulfonamides is 1. The van der Waals surface area contributed by atoms with Crippen LogP contribution in [0, 0.1) is 6.92 Å². The molecule has 0 aromatic heterocycles. The van der Waals surface area contributed by atoms with Crippen molar-refractivity contribution < 1.29 is 13.2 Å². The van der Waals surface area contributed by atoms with E-state index in [9.17, 15) is 13.2 Å². The molecule has 1 aromatic carbocycles. The predicted octanol–water partition coefficient (Wildman–Crippen LogP) is 0.571. The van der Waals surface area contributed by atoms with Gasteiger partial charge >= 0.3 is 0 Å². The van der Waals surface area contributed by atoms with Gasteiger partial charge in [0.05, 0.1) is 4.90 Å². The Bertz CT molecular complexity index is 434. The summed E-state index contributed by atoms with van der Waals surface area (Å²) in [5.41, 5.74) is 0.465. The van der Waals surface area contributed by atoms with E-state index in [0.29, 0.717) is 5.56 Å². The quantitative estimate of drug-likeness (QED) is 0.777. The largest absolute Gasteiger partial charge is 0.274 e. The summed E-state index contributed by atoms with van der Waals surface area (Å²) in [6, 6.07) is 5.57. The second-order valence-electron chi connectivity index (χ2n) is 2.73. The van der Waals surface area contributed by atoms with E-state index in [-0.39, 0.29) is 4.90 Å². The number of nitrogens with one attached hydrogen (secondary N) is 1. The number of benzene rings is 1. The maximum atomic E-state index is 11.4. The van der Waals surface area contributed by atoms with E-state index in [2.05, 4.69) is 0 Å². The van der Waals surface area contributed by atoms with Crippen molar-refractivity contribution in [2.75, 3.05) is 0 Å². The van der Waals surface area contributed by atoms with E-state index in [4.69, 9.17) is 6.92 Å². The van der Waals surface area contributed by atoms with Crippen LogP contribution in [-0.2, 0) is 14.8 Å². The van der Waals surface area contributed by atoms with Crippen molar-refractivity contribution >= 4 is 15.9 Å². The van der Waals surface area contributed by atoms with E-state index in [1.54, 1.807) is 0 Å². The normalized spacial score (nSPS) is 11.0. The van der Waals surface area contributed by atoms with Crippen LogP contribution in [0.4, 0.5) is 0 Å². The molecule has 0 saturated heterocycles. The average Bonchev–Trinajstić information content (AvgIpc) is 2.02. The van der Waals surface area contributed by atoms with Gasteiger partial charge < -0.3 is 0 Å². The zero-order chi connectivity index (χ0) is 10.8. The van der Waals surface area contributed by atoms with E-state index in [1.165, 1.54) is 24.3 Å². The van der Waals surface area contributed by atoms with Crippen molar-refractivity contribution in [3.05, 3.63) is 36.8 Å². The molecule has 0 fully saturated rings. The summed E-state index contributed by atoms with van der Waals surface area (Å²) >= 11 is 0. The van der Waals surface area contributed by atoms with Crippen LogP contribution in [0.25, 0.3) is 0 Å². The van der Waals surface area contributed by atoms with Gasteiger partial charge in [-0.3, -0.25) is 4.79 Å². The number of carbonyl (C=O) groups is 1. The topological polar surface area (TPSA) is 63.2 Å². The highest BCUT2D eigenvalue weighted by molar-refractivity contribution is 7.90. The number of hydrogen-bond acceptors (Lipinski definition) is 3. The molecule has 0 bridgehead atoms. The molecule has 1 N–H and O–H groups in total. The molecule has 0 atom stereocenters. The third-order valence-corrected chi connectivity index (χ3v) is 2.92. The Morgan fingerprint density at radius 1 is 1.29 bits per heavy atom. The van der Waals surface area contributed by atoms with Gasteiger partial charge in [0.15, 0.2) is 0 Å². The molecule has 0 unspecified atom stereocenters. The van der Waals surface area contributed by atoms with Crippen molar-refractivity contribution in [3.63, 3.8) is 0 Å². The summed E-state index contributed by atoms with van der Waals surface area (Å²) in [5, 5.41) is 0. The van der Waals surface area contributed by atoms with Crippen molar-refractivity contribution in [1.29, 1.82) is 0 Å². The van der Waals surface area contributed by atoms with Gasteiger partial charge in [0.1, 0.15) is 0 Å². The molecule has 0 aliphatic carbocycles. The van der Waals surface area contributed by atoms with Gasteiger partial charge in [0, 0.05) is 6.92 Å². The summed E-state index contributed by atoms with van der Waals surface area (Å²) < 4.78 is 24.6. The Hall–Kier alpha value is -1.36. The Morgan fingerprint density at radius 2 is 1.79 bits per heavy atom. The maximum Gasteiger partial charge on any atom is 0.264 e. The highest BCUT2D eigenvalue weighted by Gasteiger charge is 2.14. The minimum atomic E-state index is -3.73. The molecule has 0 aliphatic rings. The molecular weight excluding hydrogens is 202 g/mol. The fraction of sp³-hybridized carbons (Fsp3) is 0.111. The molecule has 1 rings (SSSR count). The van der Waals surface area contributed by atoms with Crippen LogP contribution in [0.3, 0.4) is 0 Å². The molecule has 74 valence electrons. The molecule has 0 aliphatic heterocycles. The van der Waals surface area contributed by atoms with Gasteiger partial charge in [-0.1, -0.05) is 12.1 Å². The number of rotatable bonds is 2. The van der Waals surface area contributed by atoms with Crippen molar-refractivity contribution in [3.8, 4) is 0 Å². The smallest absolute Gasteiger partial charge is 0.264 e. The molecule has 1 aromatic rings. The van der Waals surface area contributed by atoms with Crippen molar-refractivity contribution in [2.24, 2.45) is 0 Å². The van der Waals surface area contributed by atoms with Gasteiger partial charge in [-0.05, 0) is 24.6 Å². The second kappa shape index (κ2) is 3.79. The first-order chi connectivity index (χ1) is 6.42. The highest BCUT2D eigenvalue weighted by Crippen LogP contribution is 2.09. The predicted molar refractivity (Wildman–Crippen MR) is 50.8 cm³/mol. The molecule has 5 heteroatoms. The van der Waals surface area contributed by atoms with Crippen LogP contribution >= 0.6 is 0 Å². The van der Waals surface area contributed by atoms with Gasteiger partial charge in [-0.25, -0.2) is 13.1 Å². The maximum absolute atomic E-state index is 11.4. The molecule has 0 heterocycles. The van der Waals surface area contributed by atoms with E-state index in [0.717, 1.165) is 6.92 Å². The number of hydrogen-bond donors (Lipinski definition) is 1. The van der Waals surface area contributed by atoms with E-state index in [1.807, 2.05) is 4.72 Å². The molecule has 4 nitrogen and oxygen atoms in total. The average molecular weight is 211 g/mol. The van der Waals surface area contributed by atoms with Crippen molar-refractivity contribution in [1.82, 2.24) is 4.72 Å². The minimum Gasteiger partial charge on any atom is -0.274 e. The van der Waals surface area contributed by atoms with Crippen LogP contribution in [0.1, 0.15) is 12.5 Å². The Morgan fingerprint density at radius 3 is 2.21 bits per heavy atom. The SMILES string of the molecule is [CH]c1ccc(S(=O)(=O)NC(C)=O)cc1. The molecule has 1 amide bonds. The van der Waals surface area contributed by atoms with Crippen LogP contribution in [-0.4, -0.2) is 14.3 Å². The zero-order valence-corrected chi connectivity index (χ0v) is 8.34. The number of carbonyl (C=O) groups excluding carboxylic acids is 1. The third kappa shape index (κ3) is 2.56. The van der Waals surface area contributed by atoms with E-state index >= 15 is 0 Å². The summed E-state index contributed by atoms with van der Waals surface area (Å²) in [5.74, 6) is -0.623. The van der Waals surface area contributed by atoms with Crippen molar-refractivity contribution in [2.45, 2.75) is 11.8 Å². The Labute approximate surface area is 83.0 Å². The lowest BCUT2D eigenvalue weighted by atomic mass is 10.2. The molecule has 14 heavy (non-hydrogen) atoms. The summed E-state index contributed by atoms with van der Waals surface area (Å²) in [6.07, 6.45) is 0. The standard InChI is InChI=1S/C9H9NO3S/c1-7-3-5-9(6-4-7)14(12,13)10-8(2)11/h1,3-6H,2H3,(H,10,11). The van der Waals surface area contributed by atoms with Gasteiger partial charge in [0.2, 0.25) is 5.91 Å². The molecule has 0 spiro atoms. The minimum absolute atomic E-state index is 0.0156. The monoisotopic (exact) mass is 211 g/mol. The van der Waals surface area contributed by atoms with E-state index < -0.39 is 15.9 Å². The summed E-state index contributed by atoms with van der Waals surface area (Å²) in [4.78, 5) is 10.6. The van der Waals surface area contributed by atoms with Gasteiger partial charge in [-0.2, -0.15) is 0 Å². The van der Waals surface area contributed by atoms with Crippen LogP contribution in [0.2, 0.25) is 0 Å². The molecule has 2 radical (unpaired) electrons. The Balaban J connectivity index is 3.05. The lowest BCUT2D eigenvalue weighted by Crippen LogP contribution is -2.28. The summed E-state index contributed by atoms with van der Waals surface area (Å²) in [7, 11) is -3.73. The zero-order valence-electron chi connectivity index (χ0n) is 7.52. The fourth-order valence-corrected chi connectivity index (χ4v) is 1.89. The Kier molecular flexibility index (Phi) is 2.90. The van der Waals surface area contributed by atoms with Crippen LogP contribution in [0.15, 0.2) is 29.2 Å². The first-order valence-corrected chi connectivity index (χ1v) is 5.29. The van der Waals surface area contributed by atoms with Crippen LogP contribution in [0.5, 0.6) is 0 Å². The fourth-order valence-electron chi connectivity index (χ4n) is 0.895. The molecule has 0 saturated carbocycles. The highest BCUT2D eigenvalue weighted by atomic mass is 32.2. The first-order valence-electron chi connectivity index (χ1n) is 3.81. The van der Waals surface area contributed by atoms with Crippen LogP contribution < -0.4 is 4.72 Å². The first kappa shape index (κ1) is 10.7. The summed E-state index contributed by atoms with van der Waals surface area (Å²) in [6.45, 7) is 6.52. The third-order valence-electron chi connectivity index (χ3n) is 1.47. The molecular formula is C9H9NO3S.